The molecule has 0 aliphatic carbocycles. The zero-order chi connectivity index (χ0) is 18.7. The molecule has 2 N–H and O–H groups in total. The molecule has 1 atom stereocenters. The Morgan fingerprint density at radius 2 is 1.85 bits per heavy atom. The molecule has 132 valence electrons. The predicted octanol–water partition coefficient (Wildman–Crippen LogP) is 3.97. The summed E-state index contributed by atoms with van der Waals surface area (Å²) >= 11 is 11.9. The minimum Gasteiger partial charge on any atom is -0.480 e. The number of carboxylic acid groups (broad SMARTS) is 1. The molecule has 0 aliphatic heterocycles. The first-order valence-electron chi connectivity index (χ1n) is 7.77. The van der Waals surface area contributed by atoms with Crippen molar-refractivity contribution in [3.05, 3.63) is 75.9 Å². The first-order chi connectivity index (χ1) is 12.4. The number of para-hydroxylation sites is 1. The largest absolute Gasteiger partial charge is 0.480 e. The fourth-order valence-corrected chi connectivity index (χ4v) is 3.02. The molecule has 0 radical (unpaired) electrons. The molecule has 1 heterocycles. The van der Waals surface area contributed by atoms with Gasteiger partial charge >= 0.3 is 5.97 Å². The summed E-state index contributed by atoms with van der Waals surface area (Å²) in [7, 11) is 0. The number of benzene rings is 2. The van der Waals surface area contributed by atoms with Gasteiger partial charge in [-0.2, -0.15) is 0 Å². The number of nitrogens with one attached hydrogen (secondary N) is 1. The topological polar surface area (TPSA) is 79.3 Å². The first-order valence-corrected chi connectivity index (χ1v) is 8.53. The van der Waals surface area contributed by atoms with Gasteiger partial charge in [0.25, 0.3) is 5.91 Å². The Hall–Kier alpha value is -2.63. The number of carbonyl (C=O) groups excluding carboxylic acids is 1. The van der Waals surface area contributed by atoms with Crippen molar-refractivity contribution in [3.8, 4) is 0 Å². The van der Waals surface area contributed by atoms with Crippen LogP contribution in [0.1, 0.15) is 16.1 Å². The van der Waals surface area contributed by atoms with Crippen molar-refractivity contribution in [2.24, 2.45) is 0 Å². The van der Waals surface area contributed by atoms with Crippen LogP contribution in [0, 0.1) is 0 Å². The maximum atomic E-state index is 12.4. The number of hydrogen-bond acceptors (Lipinski definition) is 3. The van der Waals surface area contributed by atoms with E-state index in [-0.39, 0.29) is 12.1 Å². The Balaban J connectivity index is 1.80. The Morgan fingerprint density at radius 1 is 1.08 bits per heavy atom. The number of amides is 1. The van der Waals surface area contributed by atoms with Gasteiger partial charge in [0.05, 0.1) is 5.52 Å². The number of halogens is 2. The van der Waals surface area contributed by atoms with E-state index >= 15 is 0 Å². The molecular formula is C19H14Cl2N2O3. The van der Waals surface area contributed by atoms with Crippen LogP contribution in [0.5, 0.6) is 0 Å². The highest BCUT2D eigenvalue weighted by Gasteiger charge is 2.23. The molecule has 3 aromatic rings. The van der Waals surface area contributed by atoms with Gasteiger partial charge in [-0.15, -0.1) is 0 Å². The van der Waals surface area contributed by atoms with Gasteiger partial charge in [0, 0.05) is 21.9 Å². The molecule has 26 heavy (non-hydrogen) atoms. The SMILES string of the molecule is O=C(N[C@@H](Cc1ccc(Cl)cc1Cl)C(=O)O)c1ccc2ccccc2n1. The van der Waals surface area contributed by atoms with Crippen molar-refractivity contribution >= 4 is 46.0 Å². The van der Waals surface area contributed by atoms with Crippen LogP contribution in [-0.2, 0) is 11.2 Å². The number of nitrogens with zero attached hydrogens (tertiary/aromatic N) is 1. The van der Waals surface area contributed by atoms with Crippen molar-refractivity contribution in [2.75, 3.05) is 0 Å². The van der Waals surface area contributed by atoms with Crippen molar-refractivity contribution in [3.63, 3.8) is 0 Å². The third-order valence-electron chi connectivity index (χ3n) is 3.87. The van der Waals surface area contributed by atoms with Gasteiger partial charge in [-0.05, 0) is 29.8 Å². The monoisotopic (exact) mass is 388 g/mol. The molecular weight excluding hydrogens is 375 g/mol. The average molecular weight is 389 g/mol. The fourth-order valence-electron chi connectivity index (χ4n) is 2.53. The number of carbonyl (C=O) groups is 2. The number of aromatic nitrogens is 1. The second kappa shape index (κ2) is 7.72. The summed E-state index contributed by atoms with van der Waals surface area (Å²) in [5.41, 5.74) is 1.39. The van der Waals surface area contributed by atoms with Crippen LogP contribution in [0.4, 0.5) is 0 Å². The van der Waals surface area contributed by atoms with Gasteiger partial charge in [-0.25, -0.2) is 9.78 Å². The van der Waals surface area contributed by atoms with E-state index in [0.29, 0.717) is 21.1 Å². The quantitative estimate of drug-likeness (QED) is 0.692. The number of pyridine rings is 1. The minimum absolute atomic E-state index is 0.0324. The second-order valence-electron chi connectivity index (χ2n) is 5.69. The summed E-state index contributed by atoms with van der Waals surface area (Å²) in [6.45, 7) is 0. The minimum atomic E-state index is -1.16. The van der Waals surface area contributed by atoms with E-state index in [1.165, 1.54) is 6.07 Å². The summed E-state index contributed by atoms with van der Waals surface area (Å²) < 4.78 is 0. The van der Waals surface area contributed by atoms with E-state index in [0.717, 1.165) is 5.39 Å². The predicted molar refractivity (Wildman–Crippen MR) is 101 cm³/mol. The molecule has 2 aromatic carbocycles. The van der Waals surface area contributed by atoms with Gasteiger partial charge in [0.1, 0.15) is 11.7 Å². The van der Waals surface area contributed by atoms with E-state index in [9.17, 15) is 14.7 Å². The van der Waals surface area contributed by atoms with Crippen LogP contribution in [-0.4, -0.2) is 28.0 Å². The molecule has 0 fully saturated rings. The van der Waals surface area contributed by atoms with E-state index in [1.807, 2.05) is 18.2 Å². The zero-order valence-corrected chi connectivity index (χ0v) is 15.0. The third-order valence-corrected chi connectivity index (χ3v) is 4.46. The summed E-state index contributed by atoms with van der Waals surface area (Å²) in [6.07, 6.45) is 0.0324. The molecule has 7 heteroatoms. The molecule has 1 amide bonds. The maximum Gasteiger partial charge on any atom is 0.326 e. The van der Waals surface area contributed by atoms with E-state index < -0.39 is 17.9 Å². The lowest BCUT2D eigenvalue weighted by molar-refractivity contribution is -0.139. The molecule has 0 unspecified atom stereocenters. The van der Waals surface area contributed by atoms with Crippen molar-refractivity contribution in [2.45, 2.75) is 12.5 Å². The molecule has 0 bridgehead atoms. The highest BCUT2D eigenvalue weighted by Crippen LogP contribution is 2.22. The highest BCUT2D eigenvalue weighted by molar-refractivity contribution is 6.35. The smallest absolute Gasteiger partial charge is 0.326 e. The van der Waals surface area contributed by atoms with Crippen molar-refractivity contribution in [1.29, 1.82) is 0 Å². The summed E-state index contributed by atoms with van der Waals surface area (Å²) in [4.78, 5) is 28.3. The van der Waals surface area contributed by atoms with Crippen LogP contribution in [0.25, 0.3) is 10.9 Å². The Kier molecular flexibility index (Phi) is 5.40. The molecule has 3 rings (SSSR count). The van der Waals surface area contributed by atoms with Gasteiger partial charge in [0.2, 0.25) is 0 Å². The molecule has 0 saturated carbocycles. The molecule has 0 saturated heterocycles. The molecule has 0 spiro atoms. The molecule has 0 aliphatic rings. The first kappa shape index (κ1) is 18.2. The zero-order valence-electron chi connectivity index (χ0n) is 13.4. The number of rotatable bonds is 5. The van der Waals surface area contributed by atoms with E-state index in [2.05, 4.69) is 10.3 Å². The van der Waals surface area contributed by atoms with Crippen LogP contribution >= 0.6 is 23.2 Å². The van der Waals surface area contributed by atoms with Gasteiger partial charge in [-0.1, -0.05) is 53.5 Å². The lowest BCUT2D eigenvalue weighted by Crippen LogP contribution is -2.42. The fraction of sp³-hybridized carbons (Fsp3) is 0.105. The number of carboxylic acids is 1. The van der Waals surface area contributed by atoms with E-state index in [4.69, 9.17) is 23.2 Å². The number of hydrogen-bond donors (Lipinski definition) is 2. The molecule has 1 aromatic heterocycles. The normalized spacial score (nSPS) is 11.9. The summed E-state index contributed by atoms with van der Waals surface area (Å²) in [5.74, 6) is -1.72. The summed E-state index contributed by atoms with van der Waals surface area (Å²) in [6, 6.07) is 14.3. The van der Waals surface area contributed by atoms with Crippen LogP contribution in [0.2, 0.25) is 10.0 Å². The maximum absolute atomic E-state index is 12.4. The lowest BCUT2D eigenvalue weighted by Gasteiger charge is -2.15. The Bertz CT molecular complexity index is 991. The van der Waals surface area contributed by atoms with Gasteiger partial charge in [0.15, 0.2) is 0 Å². The Morgan fingerprint density at radius 3 is 2.58 bits per heavy atom. The van der Waals surface area contributed by atoms with Crippen molar-refractivity contribution in [1.82, 2.24) is 10.3 Å². The lowest BCUT2D eigenvalue weighted by atomic mass is 10.1. The highest BCUT2D eigenvalue weighted by atomic mass is 35.5. The van der Waals surface area contributed by atoms with Crippen molar-refractivity contribution < 1.29 is 14.7 Å². The van der Waals surface area contributed by atoms with Crippen LogP contribution in [0.3, 0.4) is 0 Å². The molecule has 5 nitrogen and oxygen atoms in total. The standard InChI is InChI=1S/C19H14Cl2N2O3/c20-13-7-5-12(14(21)10-13)9-17(19(25)26)23-18(24)16-8-6-11-3-1-2-4-15(11)22-16/h1-8,10,17H,9H2,(H,23,24)(H,25,26)/t17-/m0/s1. The number of aliphatic carboxylic acids is 1. The second-order valence-corrected chi connectivity index (χ2v) is 6.54. The third kappa shape index (κ3) is 4.12. The van der Waals surface area contributed by atoms with E-state index in [1.54, 1.807) is 30.3 Å². The van der Waals surface area contributed by atoms with Gasteiger partial charge < -0.3 is 10.4 Å². The summed E-state index contributed by atoms with van der Waals surface area (Å²) in [5, 5.41) is 13.6. The number of fused-ring (bicyclic) bond motifs is 1. The van der Waals surface area contributed by atoms with Gasteiger partial charge in [-0.3, -0.25) is 4.79 Å². The average Bonchev–Trinajstić information content (AvgIpc) is 2.62. The Labute approximate surface area is 159 Å². The van der Waals surface area contributed by atoms with Crippen LogP contribution in [0.15, 0.2) is 54.6 Å². The van der Waals surface area contributed by atoms with Crippen LogP contribution < -0.4 is 5.32 Å².